The molecule has 0 unspecified atom stereocenters. The van der Waals surface area contributed by atoms with Gasteiger partial charge in [0.2, 0.25) is 0 Å². The Morgan fingerprint density at radius 2 is 1.79 bits per heavy atom. The highest BCUT2D eigenvalue weighted by Gasteiger charge is 2.27. The second-order valence-electron chi connectivity index (χ2n) is 8.01. The van der Waals surface area contributed by atoms with E-state index in [2.05, 4.69) is 15.2 Å². The fourth-order valence-corrected chi connectivity index (χ4v) is 3.98. The Balaban J connectivity index is 1.39. The highest BCUT2D eigenvalue weighted by molar-refractivity contribution is 5.99. The van der Waals surface area contributed by atoms with Crippen LogP contribution in [0.5, 0.6) is 5.75 Å². The van der Waals surface area contributed by atoms with E-state index in [9.17, 15) is 9.59 Å². The average Bonchev–Trinajstić information content (AvgIpc) is 3.20. The van der Waals surface area contributed by atoms with Crippen LogP contribution >= 0.6 is 0 Å². The summed E-state index contributed by atoms with van der Waals surface area (Å²) in [5.74, 6) is 2.57. The molecule has 1 N–H and O–H groups in total. The molecule has 1 aliphatic rings. The first-order valence-electron chi connectivity index (χ1n) is 10.9. The van der Waals surface area contributed by atoms with Gasteiger partial charge in [0, 0.05) is 38.9 Å². The van der Waals surface area contributed by atoms with Crippen molar-refractivity contribution in [2.75, 3.05) is 38.2 Å². The lowest BCUT2D eigenvalue weighted by Crippen LogP contribution is -2.49. The molecule has 3 aromatic rings. The number of hydrogen-bond acceptors (Lipinski definition) is 6. The largest absolute Gasteiger partial charge is 0.497 e. The van der Waals surface area contributed by atoms with Gasteiger partial charge in [-0.25, -0.2) is 4.98 Å². The first-order chi connectivity index (χ1) is 16.0. The van der Waals surface area contributed by atoms with Crippen LogP contribution in [0.4, 0.5) is 5.82 Å². The first-order valence-corrected chi connectivity index (χ1v) is 10.9. The zero-order valence-corrected chi connectivity index (χ0v) is 19.1. The summed E-state index contributed by atoms with van der Waals surface area (Å²) in [6, 6.07) is 12.9. The number of aromatic nitrogens is 1. The standard InChI is InChI=1S/C25H28N4O4/c1-17-15-22(18(2)33-17)25(31)29-13-11-28(12-14-29)23-21(5-4-10-26-23)24(30)27-16-19-6-8-20(32-3)9-7-19/h4-10,15H,11-14,16H2,1-3H3,(H,27,30). The summed E-state index contributed by atoms with van der Waals surface area (Å²) in [6.07, 6.45) is 1.69. The minimum absolute atomic E-state index is 0.0255. The molecule has 0 bridgehead atoms. The Morgan fingerprint density at radius 3 is 2.42 bits per heavy atom. The van der Waals surface area contributed by atoms with Crippen LogP contribution in [0.2, 0.25) is 0 Å². The number of pyridine rings is 1. The van der Waals surface area contributed by atoms with Crippen molar-refractivity contribution in [2.45, 2.75) is 20.4 Å². The molecule has 0 atom stereocenters. The van der Waals surface area contributed by atoms with Gasteiger partial charge in [-0.3, -0.25) is 9.59 Å². The van der Waals surface area contributed by atoms with Crippen molar-refractivity contribution >= 4 is 17.6 Å². The maximum absolute atomic E-state index is 12.9. The van der Waals surface area contributed by atoms with Crippen LogP contribution in [0.1, 0.15) is 37.8 Å². The monoisotopic (exact) mass is 448 g/mol. The molecule has 33 heavy (non-hydrogen) atoms. The molecule has 4 rings (SSSR count). The lowest BCUT2D eigenvalue weighted by Gasteiger charge is -2.36. The third-order valence-corrected chi connectivity index (χ3v) is 5.78. The number of hydrogen-bond donors (Lipinski definition) is 1. The van der Waals surface area contributed by atoms with Crippen LogP contribution in [0, 0.1) is 13.8 Å². The Kier molecular flexibility index (Phi) is 6.63. The summed E-state index contributed by atoms with van der Waals surface area (Å²) in [5, 5.41) is 2.97. The number of anilines is 1. The number of nitrogens with one attached hydrogen (secondary N) is 1. The second-order valence-corrected chi connectivity index (χ2v) is 8.01. The van der Waals surface area contributed by atoms with Crippen LogP contribution in [-0.4, -0.2) is 55.0 Å². The van der Waals surface area contributed by atoms with Gasteiger partial charge in [0.25, 0.3) is 11.8 Å². The van der Waals surface area contributed by atoms with Crippen LogP contribution in [0.15, 0.2) is 53.1 Å². The van der Waals surface area contributed by atoms with Gasteiger partial charge in [-0.1, -0.05) is 12.1 Å². The molecule has 0 aliphatic carbocycles. The molecular weight excluding hydrogens is 420 g/mol. The Labute approximate surface area is 193 Å². The summed E-state index contributed by atoms with van der Waals surface area (Å²) < 4.78 is 10.7. The van der Waals surface area contributed by atoms with E-state index in [1.54, 1.807) is 38.4 Å². The van der Waals surface area contributed by atoms with Crippen molar-refractivity contribution in [3.63, 3.8) is 0 Å². The van der Waals surface area contributed by atoms with Crippen LogP contribution < -0.4 is 15.0 Å². The van der Waals surface area contributed by atoms with E-state index in [-0.39, 0.29) is 11.8 Å². The number of rotatable bonds is 6. The molecular formula is C25H28N4O4. The number of methoxy groups -OCH3 is 1. The van der Waals surface area contributed by atoms with Crippen molar-refractivity contribution in [1.29, 1.82) is 0 Å². The van der Waals surface area contributed by atoms with Crippen LogP contribution in [0.3, 0.4) is 0 Å². The van der Waals surface area contributed by atoms with Gasteiger partial charge in [0.15, 0.2) is 0 Å². The van der Waals surface area contributed by atoms with Gasteiger partial charge in [-0.2, -0.15) is 0 Å². The number of carbonyl (C=O) groups excluding carboxylic acids is 2. The zero-order valence-electron chi connectivity index (χ0n) is 19.1. The third kappa shape index (κ3) is 5.00. The molecule has 8 nitrogen and oxygen atoms in total. The summed E-state index contributed by atoms with van der Waals surface area (Å²) in [7, 11) is 1.62. The maximum atomic E-state index is 12.9. The molecule has 0 radical (unpaired) electrons. The SMILES string of the molecule is COc1ccc(CNC(=O)c2cccnc2N2CCN(C(=O)c3cc(C)oc3C)CC2)cc1. The van der Waals surface area contributed by atoms with Crippen LogP contribution in [0.25, 0.3) is 0 Å². The predicted molar refractivity (Wildman–Crippen MR) is 125 cm³/mol. The normalized spacial score (nSPS) is 13.7. The number of carbonyl (C=O) groups is 2. The number of furan rings is 1. The number of benzene rings is 1. The van der Waals surface area contributed by atoms with Gasteiger partial charge in [0.1, 0.15) is 23.1 Å². The van der Waals surface area contributed by atoms with Crippen molar-refractivity contribution < 1.29 is 18.7 Å². The topological polar surface area (TPSA) is 87.9 Å². The molecule has 1 saturated heterocycles. The smallest absolute Gasteiger partial charge is 0.257 e. The van der Waals surface area contributed by atoms with E-state index in [0.29, 0.717) is 55.4 Å². The molecule has 0 spiro atoms. The molecule has 1 aromatic carbocycles. The summed E-state index contributed by atoms with van der Waals surface area (Å²) in [6.45, 7) is 6.33. The van der Waals surface area contributed by atoms with Crippen molar-refractivity contribution in [3.8, 4) is 5.75 Å². The van der Waals surface area contributed by atoms with E-state index in [0.717, 1.165) is 17.1 Å². The third-order valence-electron chi connectivity index (χ3n) is 5.78. The minimum atomic E-state index is -0.183. The average molecular weight is 449 g/mol. The highest BCUT2D eigenvalue weighted by Crippen LogP contribution is 2.22. The zero-order chi connectivity index (χ0) is 23.4. The van der Waals surface area contributed by atoms with Gasteiger partial charge in [-0.15, -0.1) is 0 Å². The van der Waals surface area contributed by atoms with Crippen molar-refractivity contribution in [2.24, 2.45) is 0 Å². The van der Waals surface area contributed by atoms with E-state index in [1.165, 1.54) is 0 Å². The number of nitrogens with zero attached hydrogens (tertiary/aromatic N) is 3. The Bertz CT molecular complexity index is 1130. The van der Waals surface area contributed by atoms with E-state index in [4.69, 9.17) is 9.15 Å². The first kappa shape index (κ1) is 22.4. The predicted octanol–water partition coefficient (Wildman–Crippen LogP) is 3.19. The molecule has 3 heterocycles. The molecule has 1 aliphatic heterocycles. The number of ether oxygens (including phenoxy) is 1. The van der Waals surface area contributed by atoms with Crippen LogP contribution in [-0.2, 0) is 6.54 Å². The highest BCUT2D eigenvalue weighted by atomic mass is 16.5. The lowest BCUT2D eigenvalue weighted by atomic mass is 10.1. The number of aryl methyl sites for hydroxylation is 2. The molecule has 2 amide bonds. The Morgan fingerprint density at radius 1 is 1.06 bits per heavy atom. The number of piperazine rings is 1. The molecule has 8 heteroatoms. The second kappa shape index (κ2) is 9.77. The molecule has 2 aromatic heterocycles. The summed E-state index contributed by atoms with van der Waals surface area (Å²) >= 11 is 0. The molecule has 172 valence electrons. The van der Waals surface area contributed by atoms with Gasteiger partial charge >= 0.3 is 0 Å². The summed E-state index contributed by atoms with van der Waals surface area (Å²) in [5.41, 5.74) is 2.11. The fraction of sp³-hybridized carbons (Fsp3) is 0.320. The quantitative estimate of drug-likeness (QED) is 0.623. The van der Waals surface area contributed by atoms with Gasteiger partial charge < -0.3 is 24.3 Å². The molecule has 0 saturated carbocycles. The van der Waals surface area contributed by atoms with Crippen molar-refractivity contribution in [3.05, 3.63) is 76.9 Å². The maximum Gasteiger partial charge on any atom is 0.257 e. The summed E-state index contributed by atoms with van der Waals surface area (Å²) in [4.78, 5) is 34.1. The van der Waals surface area contributed by atoms with E-state index >= 15 is 0 Å². The Hall–Kier alpha value is -3.81. The van der Waals surface area contributed by atoms with Gasteiger partial charge in [-0.05, 0) is 49.7 Å². The fourth-order valence-electron chi connectivity index (χ4n) is 3.98. The minimum Gasteiger partial charge on any atom is -0.497 e. The van der Waals surface area contributed by atoms with E-state index < -0.39 is 0 Å². The number of amides is 2. The van der Waals surface area contributed by atoms with Crippen molar-refractivity contribution in [1.82, 2.24) is 15.2 Å². The van der Waals surface area contributed by atoms with E-state index in [1.807, 2.05) is 36.1 Å². The van der Waals surface area contributed by atoms with Gasteiger partial charge in [0.05, 0.1) is 18.2 Å². The lowest BCUT2D eigenvalue weighted by molar-refractivity contribution is 0.0744. The molecule has 1 fully saturated rings.